The fourth-order valence-electron chi connectivity index (χ4n) is 3.48. The molecule has 144 valence electrons. The van der Waals surface area contributed by atoms with Crippen molar-refractivity contribution in [1.29, 1.82) is 0 Å². The topological polar surface area (TPSA) is 25.0 Å². The first-order valence-corrected chi connectivity index (χ1v) is 9.94. The smallest absolute Gasteiger partial charge is 0.109 e. The van der Waals surface area contributed by atoms with Crippen LogP contribution in [0.5, 0.6) is 0 Å². The zero-order chi connectivity index (χ0) is 19.0. The molecule has 1 aliphatic rings. The van der Waals surface area contributed by atoms with E-state index < -0.39 is 0 Å². The summed E-state index contributed by atoms with van der Waals surface area (Å²) in [4.78, 5) is 2.46. The van der Waals surface area contributed by atoms with Crippen LogP contribution in [0, 0.1) is 0 Å². The third-order valence-corrected chi connectivity index (χ3v) is 5.02. The van der Waals surface area contributed by atoms with Crippen molar-refractivity contribution in [3.63, 3.8) is 0 Å². The van der Waals surface area contributed by atoms with Gasteiger partial charge in [-0.2, -0.15) is 0 Å². The van der Waals surface area contributed by atoms with Crippen molar-refractivity contribution >= 4 is 0 Å². The molecule has 2 atom stereocenters. The molecule has 1 heterocycles. The quantitative estimate of drug-likeness (QED) is 0.483. The molecule has 0 bridgehead atoms. The predicted octanol–water partition coefficient (Wildman–Crippen LogP) is 4.67. The monoisotopic (exact) mass is 373 g/mol. The Bertz CT molecular complexity index is 781. The molecule has 1 aliphatic heterocycles. The third-order valence-electron chi connectivity index (χ3n) is 5.02. The van der Waals surface area contributed by atoms with Crippen LogP contribution in [-0.4, -0.2) is 30.3 Å². The van der Waals surface area contributed by atoms with Gasteiger partial charge < -0.3 is 9.47 Å². The summed E-state index contributed by atoms with van der Waals surface area (Å²) < 4.78 is 11.7. The van der Waals surface area contributed by atoms with Gasteiger partial charge in [0.1, 0.15) is 6.10 Å². The molecule has 0 aromatic heterocycles. The number of nitrogens with zero attached hydrogens (tertiary/aromatic N) is 1. The van der Waals surface area contributed by atoms with Crippen LogP contribution in [-0.2, 0) is 29.2 Å². The maximum atomic E-state index is 5.89. The van der Waals surface area contributed by atoms with Crippen molar-refractivity contribution in [3.05, 3.63) is 108 Å². The van der Waals surface area contributed by atoms with Gasteiger partial charge in [-0.15, -0.1) is 0 Å². The summed E-state index contributed by atoms with van der Waals surface area (Å²) in [7, 11) is 0. The lowest BCUT2D eigenvalue weighted by Gasteiger charge is -2.22. The molecule has 0 amide bonds. The van der Waals surface area contributed by atoms with E-state index in [-0.39, 0.29) is 12.2 Å². The minimum atomic E-state index is 0.206. The standard InChI is InChI=1S/C25H27NO2/c1-4-10-21(11-5-1)16-26(17-22-12-6-2-7-13-22)18-24-25(28-24)20-27-19-23-14-8-3-9-15-23/h1-15,24-25H,16-20H2/t24-,25+/m1/s1. The Morgan fingerprint density at radius 2 is 1.14 bits per heavy atom. The average Bonchev–Trinajstić information content (AvgIpc) is 3.48. The fourth-order valence-corrected chi connectivity index (χ4v) is 3.48. The highest BCUT2D eigenvalue weighted by Crippen LogP contribution is 2.25. The van der Waals surface area contributed by atoms with E-state index in [9.17, 15) is 0 Å². The normalized spacial score (nSPS) is 18.3. The number of epoxide rings is 1. The number of benzene rings is 3. The molecule has 0 saturated carbocycles. The Morgan fingerprint density at radius 1 is 0.643 bits per heavy atom. The zero-order valence-electron chi connectivity index (χ0n) is 16.1. The molecular formula is C25H27NO2. The van der Waals surface area contributed by atoms with Crippen molar-refractivity contribution < 1.29 is 9.47 Å². The summed E-state index contributed by atoms with van der Waals surface area (Å²) in [6, 6.07) is 31.6. The van der Waals surface area contributed by atoms with Crippen molar-refractivity contribution in [1.82, 2.24) is 4.90 Å². The van der Waals surface area contributed by atoms with Crippen molar-refractivity contribution in [2.75, 3.05) is 13.2 Å². The summed E-state index contributed by atoms with van der Waals surface area (Å²) in [5.74, 6) is 0. The van der Waals surface area contributed by atoms with Crippen LogP contribution in [0.2, 0.25) is 0 Å². The molecule has 1 saturated heterocycles. The Hall–Kier alpha value is -2.46. The van der Waals surface area contributed by atoms with Gasteiger partial charge in [0, 0.05) is 19.6 Å². The fraction of sp³-hybridized carbons (Fsp3) is 0.280. The lowest BCUT2D eigenvalue weighted by molar-refractivity contribution is 0.104. The Balaban J connectivity index is 1.28. The molecule has 3 heteroatoms. The van der Waals surface area contributed by atoms with E-state index in [1.165, 1.54) is 16.7 Å². The Morgan fingerprint density at radius 3 is 1.68 bits per heavy atom. The first-order chi connectivity index (χ1) is 13.9. The predicted molar refractivity (Wildman–Crippen MR) is 112 cm³/mol. The van der Waals surface area contributed by atoms with Gasteiger partial charge in [0.25, 0.3) is 0 Å². The SMILES string of the molecule is c1ccc(COC[C@@H]2O[C@@H]2CN(Cc2ccccc2)Cc2ccccc2)cc1. The Labute approximate surface area is 167 Å². The van der Waals surface area contributed by atoms with Gasteiger partial charge in [-0.1, -0.05) is 91.0 Å². The van der Waals surface area contributed by atoms with Gasteiger partial charge in [0.15, 0.2) is 0 Å². The third kappa shape index (κ3) is 5.77. The molecule has 0 aliphatic carbocycles. The van der Waals surface area contributed by atoms with Crippen LogP contribution in [0.15, 0.2) is 91.0 Å². The van der Waals surface area contributed by atoms with Crippen LogP contribution in [0.1, 0.15) is 16.7 Å². The summed E-state index contributed by atoms with van der Waals surface area (Å²) in [5, 5.41) is 0. The van der Waals surface area contributed by atoms with E-state index in [1.54, 1.807) is 0 Å². The molecule has 28 heavy (non-hydrogen) atoms. The lowest BCUT2D eigenvalue weighted by Crippen LogP contribution is -2.28. The lowest BCUT2D eigenvalue weighted by atomic mass is 10.1. The van der Waals surface area contributed by atoms with Crippen LogP contribution >= 0.6 is 0 Å². The van der Waals surface area contributed by atoms with E-state index in [0.717, 1.165) is 19.6 Å². The van der Waals surface area contributed by atoms with Gasteiger partial charge in [-0.3, -0.25) is 4.90 Å². The molecular weight excluding hydrogens is 346 g/mol. The summed E-state index contributed by atoms with van der Waals surface area (Å²) >= 11 is 0. The number of hydrogen-bond donors (Lipinski definition) is 0. The zero-order valence-corrected chi connectivity index (χ0v) is 16.1. The van der Waals surface area contributed by atoms with Gasteiger partial charge >= 0.3 is 0 Å². The van der Waals surface area contributed by atoms with Gasteiger partial charge in [-0.25, -0.2) is 0 Å². The van der Waals surface area contributed by atoms with Gasteiger partial charge in [0.05, 0.1) is 19.3 Å². The molecule has 4 rings (SSSR count). The number of rotatable bonds is 10. The van der Waals surface area contributed by atoms with Crippen molar-refractivity contribution in [2.24, 2.45) is 0 Å². The highest BCUT2D eigenvalue weighted by molar-refractivity contribution is 5.17. The molecule has 0 radical (unpaired) electrons. The molecule has 1 fully saturated rings. The van der Waals surface area contributed by atoms with Gasteiger partial charge in [0.2, 0.25) is 0 Å². The summed E-state index contributed by atoms with van der Waals surface area (Å²) in [6.07, 6.45) is 0.459. The maximum absolute atomic E-state index is 5.89. The molecule has 0 spiro atoms. The number of ether oxygens (including phenoxy) is 2. The second kappa shape index (κ2) is 9.65. The maximum Gasteiger partial charge on any atom is 0.109 e. The van der Waals surface area contributed by atoms with E-state index in [4.69, 9.17) is 9.47 Å². The minimum Gasteiger partial charge on any atom is -0.374 e. The second-order valence-electron chi connectivity index (χ2n) is 7.35. The van der Waals surface area contributed by atoms with E-state index in [2.05, 4.69) is 77.7 Å². The Kier molecular flexibility index (Phi) is 6.51. The molecule has 3 nitrogen and oxygen atoms in total. The van der Waals surface area contributed by atoms with Crippen LogP contribution in [0.25, 0.3) is 0 Å². The van der Waals surface area contributed by atoms with Crippen LogP contribution in [0.4, 0.5) is 0 Å². The minimum absolute atomic E-state index is 0.206. The average molecular weight is 373 g/mol. The van der Waals surface area contributed by atoms with E-state index in [0.29, 0.717) is 13.2 Å². The molecule has 3 aromatic rings. The largest absolute Gasteiger partial charge is 0.374 e. The first kappa shape index (κ1) is 18.9. The van der Waals surface area contributed by atoms with Crippen LogP contribution in [0.3, 0.4) is 0 Å². The van der Waals surface area contributed by atoms with Crippen LogP contribution < -0.4 is 0 Å². The second-order valence-corrected chi connectivity index (χ2v) is 7.35. The molecule has 3 aromatic carbocycles. The van der Waals surface area contributed by atoms with E-state index >= 15 is 0 Å². The molecule has 0 unspecified atom stereocenters. The van der Waals surface area contributed by atoms with Gasteiger partial charge in [-0.05, 0) is 16.7 Å². The highest BCUT2D eigenvalue weighted by atomic mass is 16.6. The summed E-state index contributed by atoms with van der Waals surface area (Å²) in [6.45, 7) is 4.07. The van der Waals surface area contributed by atoms with E-state index in [1.807, 2.05) is 18.2 Å². The number of hydrogen-bond acceptors (Lipinski definition) is 3. The summed E-state index contributed by atoms with van der Waals surface area (Å²) in [5.41, 5.74) is 3.86. The first-order valence-electron chi connectivity index (χ1n) is 9.94. The van der Waals surface area contributed by atoms with Crippen molar-refractivity contribution in [2.45, 2.75) is 31.9 Å². The van der Waals surface area contributed by atoms with Crippen molar-refractivity contribution in [3.8, 4) is 0 Å². The molecule has 0 N–H and O–H groups in total. The highest BCUT2D eigenvalue weighted by Gasteiger charge is 2.40.